The lowest BCUT2D eigenvalue weighted by Crippen LogP contribution is -2.50. The molecule has 5 heteroatoms. The van der Waals surface area contributed by atoms with E-state index in [0.717, 1.165) is 21.9 Å². The molecule has 0 saturated carbocycles. The molecule has 148 valence electrons. The number of carbonyl (C=O) groups is 1. The summed E-state index contributed by atoms with van der Waals surface area (Å²) in [5.41, 5.74) is 2.45. The van der Waals surface area contributed by atoms with Crippen LogP contribution in [-0.4, -0.2) is 22.5 Å². The Labute approximate surface area is 174 Å². The minimum Gasteiger partial charge on any atom is -0.491 e. The van der Waals surface area contributed by atoms with Crippen molar-refractivity contribution in [1.29, 1.82) is 0 Å². The van der Waals surface area contributed by atoms with Crippen molar-refractivity contribution in [3.8, 4) is 5.75 Å². The zero-order valence-corrected chi connectivity index (χ0v) is 16.6. The highest BCUT2D eigenvalue weighted by molar-refractivity contribution is 5.97. The minimum atomic E-state index is -0.785. The number of amides is 1. The number of benzene rings is 2. The van der Waals surface area contributed by atoms with Gasteiger partial charge in [-0.1, -0.05) is 54.1 Å². The largest absolute Gasteiger partial charge is 0.491 e. The molecule has 30 heavy (non-hydrogen) atoms. The Morgan fingerprint density at radius 3 is 2.63 bits per heavy atom. The molecule has 2 aromatic carbocycles. The molecule has 2 aromatic heterocycles. The molecule has 1 atom stereocenters. The number of rotatable bonds is 3. The zero-order valence-electron chi connectivity index (χ0n) is 16.6. The summed E-state index contributed by atoms with van der Waals surface area (Å²) in [6.45, 7) is 2.53. The molecule has 0 fully saturated rings. The average Bonchev–Trinajstić information content (AvgIpc) is 2.79. The summed E-state index contributed by atoms with van der Waals surface area (Å²) < 4.78 is 5.84. The third-order valence-electron chi connectivity index (χ3n) is 5.64. The topological polar surface area (TPSA) is 64.1 Å². The summed E-state index contributed by atoms with van der Waals surface area (Å²) in [5, 5.41) is 5.24. The number of ether oxygens (including phenoxy) is 1. The zero-order chi connectivity index (χ0) is 20.6. The average molecular weight is 395 g/mol. The van der Waals surface area contributed by atoms with Gasteiger partial charge in [-0.3, -0.25) is 14.8 Å². The normalized spacial score (nSPS) is 17.8. The first kappa shape index (κ1) is 18.3. The molecule has 1 aliphatic rings. The Balaban J connectivity index is 1.61. The standard InChI is InChI=1S/C25H21N3O2/c1-17-8-10-20(11-9-17)25(12-14-30-22-7-4-13-26-23(22)25)28-24(29)21-15-18-5-2-3-6-19(18)16-27-21/h2-11,13,15-16H,12,14H2,1H3,(H,28,29)/t25-/m0/s1. The molecule has 5 rings (SSSR count). The summed E-state index contributed by atoms with van der Waals surface area (Å²) in [7, 11) is 0. The van der Waals surface area contributed by atoms with E-state index in [9.17, 15) is 4.79 Å². The maximum absolute atomic E-state index is 13.4. The van der Waals surface area contributed by atoms with Gasteiger partial charge in [-0.05, 0) is 36.1 Å². The lowest BCUT2D eigenvalue weighted by molar-refractivity contribution is 0.0879. The summed E-state index contributed by atoms with van der Waals surface area (Å²) >= 11 is 0. The van der Waals surface area contributed by atoms with Crippen LogP contribution in [0.1, 0.15) is 33.7 Å². The fourth-order valence-corrected chi connectivity index (χ4v) is 4.04. The van der Waals surface area contributed by atoms with E-state index in [1.165, 1.54) is 0 Å². The van der Waals surface area contributed by atoms with Gasteiger partial charge in [0.25, 0.3) is 5.91 Å². The quantitative estimate of drug-likeness (QED) is 0.559. The van der Waals surface area contributed by atoms with Crippen molar-refractivity contribution < 1.29 is 9.53 Å². The molecule has 3 heterocycles. The summed E-state index contributed by atoms with van der Waals surface area (Å²) in [6, 6.07) is 21.6. The number of nitrogens with zero attached hydrogens (tertiary/aromatic N) is 2. The minimum absolute atomic E-state index is 0.236. The van der Waals surface area contributed by atoms with Crippen LogP contribution in [0.3, 0.4) is 0 Å². The Hall–Kier alpha value is -3.73. The maximum atomic E-state index is 13.4. The van der Waals surface area contributed by atoms with Gasteiger partial charge in [0.1, 0.15) is 22.7 Å². The van der Waals surface area contributed by atoms with Crippen LogP contribution in [-0.2, 0) is 5.54 Å². The number of hydrogen-bond acceptors (Lipinski definition) is 4. The van der Waals surface area contributed by atoms with Gasteiger partial charge >= 0.3 is 0 Å². The molecular weight excluding hydrogens is 374 g/mol. The van der Waals surface area contributed by atoms with Crippen LogP contribution in [0.5, 0.6) is 5.75 Å². The third-order valence-corrected chi connectivity index (χ3v) is 5.64. The fraction of sp³-hybridized carbons (Fsp3) is 0.160. The van der Waals surface area contributed by atoms with E-state index in [1.54, 1.807) is 12.4 Å². The Morgan fingerprint density at radius 2 is 1.80 bits per heavy atom. The number of carbonyl (C=O) groups excluding carboxylic acids is 1. The number of fused-ring (bicyclic) bond motifs is 2. The SMILES string of the molecule is Cc1ccc([C@@]2(NC(=O)c3cc4ccccc4cn3)CCOc3cccnc32)cc1. The van der Waals surface area contributed by atoms with Gasteiger partial charge in [0, 0.05) is 24.2 Å². The summed E-state index contributed by atoms with van der Waals surface area (Å²) in [5.74, 6) is 0.455. The highest BCUT2D eigenvalue weighted by Crippen LogP contribution is 2.40. The van der Waals surface area contributed by atoms with Gasteiger partial charge in [0.2, 0.25) is 0 Å². The van der Waals surface area contributed by atoms with Crippen LogP contribution < -0.4 is 10.1 Å². The summed E-state index contributed by atoms with van der Waals surface area (Å²) in [6.07, 6.45) is 4.05. The molecular formula is C25H21N3O2. The first-order valence-corrected chi connectivity index (χ1v) is 9.98. The molecule has 0 unspecified atom stereocenters. The first-order valence-electron chi connectivity index (χ1n) is 9.98. The molecule has 1 aliphatic heterocycles. The van der Waals surface area contributed by atoms with Crippen LogP contribution >= 0.6 is 0 Å². The third kappa shape index (κ3) is 3.08. The summed E-state index contributed by atoms with van der Waals surface area (Å²) in [4.78, 5) is 22.4. The monoisotopic (exact) mass is 395 g/mol. The van der Waals surface area contributed by atoms with E-state index < -0.39 is 5.54 Å². The second-order valence-corrected chi connectivity index (χ2v) is 7.59. The fourth-order valence-electron chi connectivity index (χ4n) is 4.04. The Kier molecular flexibility index (Phi) is 4.43. The van der Waals surface area contributed by atoms with Crippen LogP contribution in [0, 0.1) is 6.92 Å². The highest BCUT2D eigenvalue weighted by atomic mass is 16.5. The molecule has 1 N–H and O–H groups in total. The van der Waals surface area contributed by atoms with Crippen molar-refractivity contribution in [2.75, 3.05) is 6.61 Å². The maximum Gasteiger partial charge on any atom is 0.270 e. The van der Waals surface area contributed by atoms with Crippen molar-refractivity contribution in [3.63, 3.8) is 0 Å². The van der Waals surface area contributed by atoms with Gasteiger partial charge < -0.3 is 10.1 Å². The Morgan fingerprint density at radius 1 is 1.00 bits per heavy atom. The predicted octanol–water partition coefficient (Wildman–Crippen LogP) is 4.39. The molecule has 0 saturated heterocycles. The first-order chi connectivity index (χ1) is 14.7. The van der Waals surface area contributed by atoms with Gasteiger partial charge in [-0.15, -0.1) is 0 Å². The predicted molar refractivity (Wildman–Crippen MR) is 116 cm³/mol. The van der Waals surface area contributed by atoms with Crippen LogP contribution in [0.2, 0.25) is 0 Å². The van der Waals surface area contributed by atoms with Crippen molar-refractivity contribution in [2.45, 2.75) is 18.9 Å². The van der Waals surface area contributed by atoms with Crippen molar-refractivity contribution in [2.24, 2.45) is 0 Å². The number of aryl methyl sites for hydroxylation is 1. The number of hydrogen-bond donors (Lipinski definition) is 1. The van der Waals surface area contributed by atoms with Crippen LogP contribution in [0.4, 0.5) is 0 Å². The molecule has 1 amide bonds. The van der Waals surface area contributed by atoms with Crippen molar-refractivity contribution in [1.82, 2.24) is 15.3 Å². The Bertz CT molecular complexity index is 1240. The van der Waals surface area contributed by atoms with Gasteiger partial charge in [-0.2, -0.15) is 0 Å². The second-order valence-electron chi connectivity index (χ2n) is 7.59. The van der Waals surface area contributed by atoms with Crippen LogP contribution in [0.15, 0.2) is 79.1 Å². The van der Waals surface area contributed by atoms with Crippen molar-refractivity contribution in [3.05, 3.63) is 102 Å². The van der Waals surface area contributed by atoms with Gasteiger partial charge in [0.05, 0.1) is 6.61 Å². The number of nitrogens with one attached hydrogen (secondary N) is 1. The van der Waals surface area contributed by atoms with E-state index >= 15 is 0 Å². The molecule has 0 radical (unpaired) electrons. The highest BCUT2D eigenvalue weighted by Gasteiger charge is 2.42. The van der Waals surface area contributed by atoms with Crippen molar-refractivity contribution >= 4 is 16.7 Å². The lowest BCUT2D eigenvalue weighted by atomic mass is 9.81. The number of aromatic nitrogens is 2. The van der Waals surface area contributed by atoms with E-state index in [4.69, 9.17) is 4.74 Å². The van der Waals surface area contributed by atoms with Crippen LogP contribution in [0.25, 0.3) is 10.8 Å². The van der Waals surface area contributed by atoms with E-state index in [2.05, 4.69) is 27.4 Å². The van der Waals surface area contributed by atoms with Gasteiger partial charge in [-0.25, -0.2) is 0 Å². The molecule has 0 aliphatic carbocycles. The van der Waals surface area contributed by atoms with E-state index in [-0.39, 0.29) is 5.91 Å². The second kappa shape index (κ2) is 7.26. The number of pyridine rings is 2. The van der Waals surface area contributed by atoms with E-state index in [1.807, 2.05) is 61.5 Å². The smallest absolute Gasteiger partial charge is 0.270 e. The van der Waals surface area contributed by atoms with Gasteiger partial charge in [0.15, 0.2) is 0 Å². The van der Waals surface area contributed by atoms with E-state index in [0.29, 0.717) is 30.2 Å². The molecule has 0 spiro atoms. The molecule has 5 nitrogen and oxygen atoms in total. The lowest BCUT2D eigenvalue weighted by Gasteiger charge is -2.39. The molecule has 0 bridgehead atoms. The molecule has 4 aromatic rings.